The van der Waals surface area contributed by atoms with Crippen molar-refractivity contribution in [3.05, 3.63) is 113 Å². The van der Waals surface area contributed by atoms with E-state index in [1.54, 1.807) is 41.4 Å². The number of aromatic hydroxyl groups is 1. The van der Waals surface area contributed by atoms with E-state index in [0.717, 1.165) is 55.1 Å². The number of ether oxygens (including phenoxy) is 3. The van der Waals surface area contributed by atoms with Gasteiger partial charge in [-0.2, -0.15) is 0 Å². The van der Waals surface area contributed by atoms with Gasteiger partial charge in [0.15, 0.2) is 11.5 Å². The monoisotopic (exact) mass is 740 g/mol. The number of rotatable bonds is 7. The number of carbonyl (C=O) groups is 2. The van der Waals surface area contributed by atoms with Crippen molar-refractivity contribution in [3.63, 3.8) is 0 Å². The predicted octanol–water partition coefficient (Wildman–Crippen LogP) is 5.91. The van der Waals surface area contributed by atoms with Gasteiger partial charge < -0.3 is 33.7 Å². The van der Waals surface area contributed by atoms with Crippen molar-refractivity contribution in [2.24, 2.45) is 7.05 Å². The van der Waals surface area contributed by atoms with Crippen LogP contribution >= 0.6 is 0 Å². The summed E-state index contributed by atoms with van der Waals surface area (Å²) in [5.74, 6) is 1.71. The van der Waals surface area contributed by atoms with Gasteiger partial charge in [0.2, 0.25) is 6.79 Å². The number of hydrogen-bond donors (Lipinski definition) is 1. The zero-order valence-electron chi connectivity index (χ0n) is 31.3. The molecule has 1 N–H and O–H groups in total. The molecular formula is C43H44N6O6. The zero-order chi connectivity index (χ0) is 37.8. The molecule has 4 aliphatic heterocycles. The first-order valence-corrected chi connectivity index (χ1v) is 18.9. The molecule has 4 aliphatic rings. The Bertz CT molecular complexity index is 2300. The standard InChI is InChI=1S/C43H44N6O6/c1-27-18-28-6-4-5-7-30(28)24-48(27)42(51)35-22-40-39(54-26-55-40)21-34(35)37-20-36(38(46(37)3)25-47-14-16-53-17-15-47)43(52)49(31-8-10-33(50)11-9-31)32-19-29-12-13-45(2)41(29)44-23-32/h4-11,19-23,27,50H,12-18,24-26H2,1-3H3/t27-/m1/s1. The molecule has 1 saturated heterocycles. The molecule has 5 aromatic rings. The molecule has 0 unspecified atom stereocenters. The Hall–Kier alpha value is -5.85. The lowest BCUT2D eigenvalue weighted by atomic mass is 9.93. The van der Waals surface area contributed by atoms with Crippen LogP contribution in [0.1, 0.15) is 50.0 Å². The van der Waals surface area contributed by atoms with Crippen molar-refractivity contribution < 1.29 is 28.9 Å². The highest BCUT2D eigenvalue weighted by Gasteiger charge is 2.34. The van der Waals surface area contributed by atoms with Gasteiger partial charge >= 0.3 is 0 Å². The van der Waals surface area contributed by atoms with Crippen LogP contribution in [0, 0.1) is 0 Å². The Kier molecular flexibility index (Phi) is 8.94. The number of morpholine rings is 1. The maximum absolute atomic E-state index is 15.3. The van der Waals surface area contributed by atoms with Crippen LogP contribution in [0.25, 0.3) is 11.3 Å². The molecule has 0 bridgehead atoms. The number of hydrogen-bond acceptors (Lipinski definition) is 9. The van der Waals surface area contributed by atoms with E-state index in [9.17, 15) is 9.90 Å². The fourth-order valence-electron chi connectivity index (χ4n) is 8.33. The highest BCUT2D eigenvalue weighted by molar-refractivity contribution is 6.13. The molecule has 0 radical (unpaired) electrons. The van der Waals surface area contributed by atoms with Crippen molar-refractivity contribution in [3.8, 4) is 28.5 Å². The summed E-state index contributed by atoms with van der Waals surface area (Å²) in [4.78, 5) is 42.9. The molecule has 2 aromatic heterocycles. The van der Waals surface area contributed by atoms with Crippen molar-refractivity contribution in [2.75, 3.05) is 56.5 Å². The van der Waals surface area contributed by atoms with Gasteiger partial charge in [-0.25, -0.2) is 4.98 Å². The molecule has 12 heteroatoms. The fourth-order valence-corrected chi connectivity index (χ4v) is 8.33. The topological polar surface area (TPSA) is 113 Å². The molecule has 6 heterocycles. The van der Waals surface area contributed by atoms with Gasteiger partial charge in [-0.1, -0.05) is 24.3 Å². The van der Waals surface area contributed by atoms with Crippen LogP contribution < -0.4 is 19.3 Å². The average molecular weight is 741 g/mol. The number of phenols is 1. The molecule has 0 aliphatic carbocycles. The van der Waals surface area contributed by atoms with Gasteiger partial charge in [0.1, 0.15) is 11.6 Å². The Labute approximate surface area is 320 Å². The van der Waals surface area contributed by atoms with Gasteiger partial charge in [0, 0.05) is 75.5 Å². The summed E-state index contributed by atoms with van der Waals surface area (Å²) in [6, 6.07) is 22.5. The number of phenolic OH excluding ortho intramolecular Hbond substituents is 1. The molecule has 3 aromatic carbocycles. The van der Waals surface area contributed by atoms with Crippen LogP contribution in [-0.4, -0.2) is 89.0 Å². The van der Waals surface area contributed by atoms with E-state index < -0.39 is 0 Å². The van der Waals surface area contributed by atoms with E-state index in [2.05, 4.69) is 28.9 Å². The molecule has 12 nitrogen and oxygen atoms in total. The summed E-state index contributed by atoms with van der Waals surface area (Å²) in [5.41, 5.74) is 7.82. The minimum absolute atomic E-state index is 0.0253. The molecule has 1 atom stereocenters. The van der Waals surface area contributed by atoms with E-state index in [1.165, 1.54) is 5.56 Å². The number of anilines is 3. The van der Waals surface area contributed by atoms with Gasteiger partial charge in [0.05, 0.1) is 36.2 Å². The SMILES string of the molecule is C[C@@H]1Cc2ccccc2CN1C(=O)c1cc2c(cc1-c1cc(C(=O)N(c3ccc(O)cc3)c3cnc4c(c3)CCN4C)c(CN3CCOCC3)n1C)OCO2. The Morgan fingerprint density at radius 3 is 2.40 bits per heavy atom. The van der Waals surface area contributed by atoms with Crippen LogP contribution in [0.15, 0.2) is 79.0 Å². The fraction of sp³-hybridized carbons (Fsp3) is 0.326. The quantitative estimate of drug-likeness (QED) is 0.218. The third-order valence-electron chi connectivity index (χ3n) is 11.4. The zero-order valence-corrected chi connectivity index (χ0v) is 31.3. The van der Waals surface area contributed by atoms with Crippen LogP contribution in [0.5, 0.6) is 17.2 Å². The number of aromatic nitrogens is 2. The highest BCUT2D eigenvalue weighted by Crippen LogP contribution is 2.42. The van der Waals surface area contributed by atoms with Crippen molar-refractivity contribution in [2.45, 2.75) is 38.9 Å². The lowest BCUT2D eigenvalue weighted by molar-refractivity contribution is 0.0332. The van der Waals surface area contributed by atoms with Crippen molar-refractivity contribution >= 4 is 29.0 Å². The maximum Gasteiger partial charge on any atom is 0.264 e. The van der Waals surface area contributed by atoms with Crippen LogP contribution in [0.2, 0.25) is 0 Å². The molecule has 55 heavy (non-hydrogen) atoms. The van der Waals surface area contributed by atoms with E-state index in [1.807, 2.05) is 53.9 Å². The third kappa shape index (κ3) is 6.34. The second-order valence-corrected chi connectivity index (χ2v) is 14.8. The highest BCUT2D eigenvalue weighted by atomic mass is 16.7. The number of benzene rings is 3. The average Bonchev–Trinajstić information content (AvgIpc) is 3.91. The number of amides is 2. The largest absolute Gasteiger partial charge is 0.508 e. The van der Waals surface area contributed by atoms with E-state index in [0.29, 0.717) is 71.6 Å². The summed E-state index contributed by atoms with van der Waals surface area (Å²) in [7, 11) is 3.98. The lowest BCUT2D eigenvalue weighted by Gasteiger charge is -2.35. The molecular weight excluding hydrogens is 697 g/mol. The Morgan fingerprint density at radius 2 is 1.62 bits per heavy atom. The minimum atomic E-state index is -0.251. The summed E-state index contributed by atoms with van der Waals surface area (Å²) >= 11 is 0. The number of pyridine rings is 1. The number of fused-ring (bicyclic) bond motifs is 3. The number of carbonyl (C=O) groups excluding carboxylic acids is 2. The van der Waals surface area contributed by atoms with Crippen LogP contribution in [-0.2, 0) is 37.7 Å². The predicted molar refractivity (Wildman–Crippen MR) is 208 cm³/mol. The number of nitrogens with zero attached hydrogens (tertiary/aromatic N) is 6. The Balaban J connectivity index is 1.18. The van der Waals surface area contributed by atoms with E-state index in [-0.39, 0.29) is 30.4 Å². The number of likely N-dealkylation sites (N-methyl/N-ethyl adjacent to an activating group) is 1. The second kappa shape index (κ2) is 14.1. The summed E-state index contributed by atoms with van der Waals surface area (Å²) in [6.07, 6.45) is 3.32. The molecule has 1 fully saturated rings. The summed E-state index contributed by atoms with van der Waals surface area (Å²) < 4.78 is 19.4. The second-order valence-electron chi connectivity index (χ2n) is 14.8. The molecule has 2 amide bonds. The molecule has 9 rings (SSSR count). The van der Waals surface area contributed by atoms with E-state index >= 15 is 4.79 Å². The van der Waals surface area contributed by atoms with Gasteiger partial charge in [0.25, 0.3) is 11.8 Å². The summed E-state index contributed by atoms with van der Waals surface area (Å²) in [5, 5.41) is 10.2. The smallest absolute Gasteiger partial charge is 0.264 e. The summed E-state index contributed by atoms with van der Waals surface area (Å²) in [6.45, 7) is 6.64. The van der Waals surface area contributed by atoms with Crippen LogP contribution in [0.4, 0.5) is 17.2 Å². The van der Waals surface area contributed by atoms with Gasteiger partial charge in [-0.05, 0) is 85.0 Å². The normalized spacial score (nSPS) is 17.6. The lowest BCUT2D eigenvalue weighted by Crippen LogP contribution is -2.42. The van der Waals surface area contributed by atoms with E-state index in [4.69, 9.17) is 19.2 Å². The third-order valence-corrected chi connectivity index (χ3v) is 11.4. The first-order valence-electron chi connectivity index (χ1n) is 18.9. The molecule has 282 valence electrons. The first-order chi connectivity index (χ1) is 26.7. The van der Waals surface area contributed by atoms with Gasteiger partial charge in [-0.15, -0.1) is 0 Å². The minimum Gasteiger partial charge on any atom is -0.508 e. The van der Waals surface area contributed by atoms with Crippen molar-refractivity contribution in [1.29, 1.82) is 0 Å². The van der Waals surface area contributed by atoms with Crippen LogP contribution in [0.3, 0.4) is 0 Å². The maximum atomic E-state index is 15.3. The molecule has 0 saturated carbocycles. The molecule has 0 spiro atoms. The first kappa shape index (κ1) is 34.9. The Morgan fingerprint density at radius 1 is 0.873 bits per heavy atom. The van der Waals surface area contributed by atoms with Gasteiger partial charge in [-0.3, -0.25) is 19.4 Å². The van der Waals surface area contributed by atoms with Crippen molar-refractivity contribution in [1.82, 2.24) is 19.4 Å².